The van der Waals surface area contributed by atoms with Gasteiger partial charge < -0.3 is 5.32 Å². The number of aromatic nitrogens is 2. The molecule has 0 spiro atoms. The predicted molar refractivity (Wildman–Crippen MR) is 78.4 cm³/mol. The highest BCUT2D eigenvalue weighted by Crippen LogP contribution is 2.16. The monoisotopic (exact) mass is 265 g/mol. The number of hydrogen-bond acceptors (Lipinski definition) is 2. The Morgan fingerprint density at radius 1 is 1.20 bits per heavy atom. The Morgan fingerprint density at radius 2 is 2.00 bits per heavy atom. The second-order valence-corrected chi connectivity index (χ2v) is 4.81. The third kappa shape index (κ3) is 2.40. The van der Waals surface area contributed by atoms with Gasteiger partial charge in [0.25, 0.3) is 5.91 Å². The van der Waals surface area contributed by atoms with Crippen molar-refractivity contribution in [3.05, 3.63) is 65.4 Å². The summed E-state index contributed by atoms with van der Waals surface area (Å²) in [5.41, 5.74) is 3.81. The summed E-state index contributed by atoms with van der Waals surface area (Å²) in [5.74, 6) is -0.0856. The summed E-state index contributed by atoms with van der Waals surface area (Å²) >= 11 is 0. The van der Waals surface area contributed by atoms with Crippen LogP contribution in [0.5, 0.6) is 0 Å². The van der Waals surface area contributed by atoms with Crippen molar-refractivity contribution in [2.24, 2.45) is 0 Å². The van der Waals surface area contributed by atoms with Crippen LogP contribution in [0.15, 0.2) is 48.7 Å². The number of aryl methyl sites for hydroxylation is 1. The summed E-state index contributed by atoms with van der Waals surface area (Å²) in [4.78, 5) is 12.2. The van der Waals surface area contributed by atoms with Gasteiger partial charge in [0.1, 0.15) is 0 Å². The number of aromatic amines is 1. The topological polar surface area (TPSA) is 57.8 Å². The highest BCUT2D eigenvalue weighted by atomic mass is 16.1. The minimum atomic E-state index is -0.0856. The van der Waals surface area contributed by atoms with Gasteiger partial charge >= 0.3 is 0 Å². The number of amides is 1. The van der Waals surface area contributed by atoms with E-state index >= 15 is 0 Å². The maximum absolute atomic E-state index is 12.2. The molecule has 0 atom stereocenters. The van der Waals surface area contributed by atoms with E-state index in [2.05, 4.69) is 15.5 Å². The van der Waals surface area contributed by atoms with Gasteiger partial charge in [-0.25, -0.2) is 0 Å². The smallest absolute Gasteiger partial charge is 0.252 e. The van der Waals surface area contributed by atoms with Crippen LogP contribution in [0.3, 0.4) is 0 Å². The molecule has 0 saturated heterocycles. The number of nitrogens with one attached hydrogen (secondary N) is 2. The fourth-order valence-electron chi connectivity index (χ4n) is 2.15. The van der Waals surface area contributed by atoms with E-state index in [0.29, 0.717) is 12.1 Å². The molecule has 20 heavy (non-hydrogen) atoms. The molecule has 2 N–H and O–H groups in total. The normalized spacial score (nSPS) is 10.7. The zero-order valence-electron chi connectivity index (χ0n) is 11.2. The van der Waals surface area contributed by atoms with Crippen molar-refractivity contribution in [3.8, 4) is 0 Å². The van der Waals surface area contributed by atoms with Crippen molar-refractivity contribution in [1.29, 1.82) is 0 Å². The van der Waals surface area contributed by atoms with Crippen LogP contribution in [0.4, 0.5) is 0 Å². The van der Waals surface area contributed by atoms with E-state index < -0.39 is 0 Å². The van der Waals surface area contributed by atoms with E-state index in [1.165, 1.54) is 5.56 Å². The zero-order valence-corrected chi connectivity index (χ0v) is 11.2. The highest BCUT2D eigenvalue weighted by molar-refractivity contribution is 6.05. The second kappa shape index (κ2) is 5.17. The van der Waals surface area contributed by atoms with Crippen LogP contribution in [0.2, 0.25) is 0 Å². The van der Waals surface area contributed by atoms with Gasteiger partial charge in [-0.1, -0.05) is 35.9 Å². The van der Waals surface area contributed by atoms with Gasteiger partial charge in [0.05, 0.1) is 17.3 Å². The summed E-state index contributed by atoms with van der Waals surface area (Å²) in [6, 6.07) is 13.7. The number of benzene rings is 2. The van der Waals surface area contributed by atoms with Crippen molar-refractivity contribution in [2.75, 3.05) is 0 Å². The second-order valence-electron chi connectivity index (χ2n) is 4.81. The molecule has 4 heteroatoms. The van der Waals surface area contributed by atoms with Crippen LogP contribution < -0.4 is 5.32 Å². The lowest BCUT2D eigenvalue weighted by Gasteiger charge is -2.06. The number of hydrogen-bond donors (Lipinski definition) is 2. The Bertz CT molecular complexity index is 744. The lowest BCUT2D eigenvalue weighted by Crippen LogP contribution is -2.22. The molecule has 1 amide bonds. The fraction of sp³-hybridized carbons (Fsp3) is 0.125. The summed E-state index contributed by atoms with van der Waals surface area (Å²) in [5, 5.41) is 10.6. The predicted octanol–water partition coefficient (Wildman–Crippen LogP) is 2.80. The van der Waals surface area contributed by atoms with Gasteiger partial charge in [-0.3, -0.25) is 9.89 Å². The largest absolute Gasteiger partial charge is 0.348 e. The summed E-state index contributed by atoms with van der Waals surface area (Å²) in [6.45, 7) is 2.56. The third-order valence-corrected chi connectivity index (χ3v) is 3.30. The van der Waals surface area contributed by atoms with Gasteiger partial charge in [-0.2, -0.15) is 5.10 Å². The molecule has 0 aliphatic carbocycles. The SMILES string of the molecule is Cc1ccc(CNC(=O)c2cccc3[nH]ncc23)cc1. The maximum Gasteiger partial charge on any atom is 0.252 e. The lowest BCUT2D eigenvalue weighted by molar-refractivity contribution is 0.0952. The first kappa shape index (κ1) is 12.4. The van der Waals surface area contributed by atoms with Gasteiger partial charge in [0.15, 0.2) is 0 Å². The first-order chi connectivity index (χ1) is 9.74. The van der Waals surface area contributed by atoms with Gasteiger partial charge in [0, 0.05) is 11.9 Å². The van der Waals surface area contributed by atoms with Crippen molar-refractivity contribution >= 4 is 16.8 Å². The number of carbonyl (C=O) groups excluding carboxylic acids is 1. The average Bonchev–Trinajstić information content (AvgIpc) is 2.94. The Morgan fingerprint density at radius 3 is 2.80 bits per heavy atom. The molecular formula is C16H15N3O. The van der Waals surface area contributed by atoms with Gasteiger partial charge in [-0.05, 0) is 24.6 Å². The molecule has 0 unspecified atom stereocenters. The van der Waals surface area contributed by atoms with E-state index in [1.54, 1.807) is 6.20 Å². The van der Waals surface area contributed by atoms with Crippen LogP contribution in [0, 0.1) is 6.92 Å². The molecule has 0 saturated carbocycles. The molecule has 1 aromatic heterocycles. The summed E-state index contributed by atoms with van der Waals surface area (Å²) in [7, 11) is 0. The van der Waals surface area contributed by atoms with Crippen LogP contribution >= 0.6 is 0 Å². The Labute approximate surface area is 116 Å². The fourth-order valence-corrected chi connectivity index (χ4v) is 2.15. The molecule has 0 radical (unpaired) electrons. The van der Waals surface area contributed by atoms with Crippen molar-refractivity contribution < 1.29 is 4.79 Å². The molecule has 0 bridgehead atoms. The molecule has 0 fully saturated rings. The molecule has 3 rings (SSSR count). The molecule has 100 valence electrons. The number of nitrogens with zero attached hydrogens (tertiary/aromatic N) is 1. The van der Waals surface area contributed by atoms with E-state index in [0.717, 1.165) is 16.5 Å². The Balaban J connectivity index is 1.76. The van der Waals surface area contributed by atoms with Crippen LogP contribution in [0.25, 0.3) is 10.9 Å². The molecule has 0 aliphatic heterocycles. The minimum Gasteiger partial charge on any atom is -0.348 e. The van der Waals surface area contributed by atoms with Crippen molar-refractivity contribution in [3.63, 3.8) is 0 Å². The van der Waals surface area contributed by atoms with Crippen LogP contribution in [0.1, 0.15) is 21.5 Å². The number of H-pyrrole nitrogens is 1. The third-order valence-electron chi connectivity index (χ3n) is 3.30. The average molecular weight is 265 g/mol. The van der Waals surface area contributed by atoms with Gasteiger partial charge in [-0.15, -0.1) is 0 Å². The molecule has 0 aliphatic rings. The van der Waals surface area contributed by atoms with E-state index in [1.807, 2.05) is 49.4 Å². The summed E-state index contributed by atoms with van der Waals surface area (Å²) < 4.78 is 0. The molecule has 2 aromatic carbocycles. The minimum absolute atomic E-state index is 0.0856. The molecule has 3 aromatic rings. The number of fused-ring (bicyclic) bond motifs is 1. The van der Waals surface area contributed by atoms with Crippen molar-refractivity contribution in [1.82, 2.24) is 15.5 Å². The Hall–Kier alpha value is -2.62. The zero-order chi connectivity index (χ0) is 13.9. The first-order valence-electron chi connectivity index (χ1n) is 6.50. The first-order valence-corrected chi connectivity index (χ1v) is 6.50. The Kier molecular flexibility index (Phi) is 3.21. The van der Waals surface area contributed by atoms with E-state index in [9.17, 15) is 4.79 Å². The quantitative estimate of drug-likeness (QED) is 0.765. The number of carbonyl (C=O) groups is 1. The molecule has 1 heterocycles. The molecular weight excluding hydrogens is 250 g/mol. The summed E-state index contributed by atoms with van der Waals surface area (Å²) in [6.07, 6.45) is 1.68. The number of rotatable bonds is 3. The maximum atomic E-state index is 12.2. The van der Waals surface area contributed by atoms with Crippen LogP contribution in [-0.4, -0.2) is 16.1 Å². The lowest BCUT2D eigenvalue weighted by atomic mass is 10.1. The standard InChI is InChI=1S/C16H15N3O/c1-11-5-7-12(8-6-11)9-17-16(20)13-3-2-4-15-14(13)10-18-19-15/h2-8,10H,9H2,1H3,(H,17,20)(H,18,19). The van der Waals surface area contributed by atoms with E-state index in [-0.39, 0.29) is 5.91 Å². The molecule has 4 nitrogen and oxygen atoms in total. The van der Waals surface area contributed by atoms with Crippen LogP contribution in [-0.2, 0) is 6.54 Å². The highest BCUT2D eigenvalue weighted by Gasteiger charge is 2.10. The van der Waals surface area contributed by atoms with E-state index in [4.69, 9.17) is 0 Å². The van der Waals surface area contributed by atoms with Crippen molar-refractivity contribution in [2.45, 2.75) is 13.5 Å². The van der Waals surface area contributed by atoms with Gasteiger partial charge in [0.2, 0.25) is 0 Å².